The van der Waals surface area contributed by atoms with Gasteiger partial charge >= 0.3 is 12.1 Å². The molecule has 1 aromatic heterocycles. The Morgan fingerprint density at radius 2 is 2.00 bits per heavy atom. The fourth-order valence-electron chi connectivity index (χ4n) is 3.84. The Kier molecular flexibility index (Phi) is 8.52. The molecule has 2 atom stereocenters. The van der Waals surface area contributed by atoms with E-state index in [4.69, 9.17) is 19.4 Å². The minimum atomic E-state index is -5.08. The smallest absolute Gasteiger partial charge is 0.475 e. The molecule has 2 N–H and O–H groups in total. The Balaban J connectivity index is 0.000000360. The van der Waals surface area contributed by atoms with E-state index in [1.165, 1.54) is 10.6 Å². The van der Waals surface area contributed by atoms with Gasteiger partial charge < -0.3 is 19.9 Å². The topological polar surface area (TPSA) is 71.0 Å². The summed E-state index contributed by atoms with van der Waals surface area (Å²) in [5, 5.41) is 12.8. The number of carboxylic acid groups (broad SMARTS) is 1. The second-order valence-electron chi connectivity index (χ2n) is 7.96. The quantitative estimate of drug-likeness (QED) is 0.683. The molecule has 2 aliphatic rings. The second kappa shape index (κ2) is 11.1. The summed E-state index contributed by atoms with van der Waals surface area (Å²) in [7, 11) is 0. The van der Waals surface area contributed by atoms with Crippen molar-refractivity contribution in [2.75, 3.05) is 44.8 Å². The van der Waals surface area contributed by atoms with Crippen LogP contribution < -0.4 is 5.32 Å². The lowest BCUT2D eigenvalue weighted by Gasteiger charge is -2.31. The van der Waals surface area contributed by atoms with E-state index in [9.17, 15) is 13.2 Å². The van der Waals surface area contributed by atoms with E-state index in [2.05, 4.69) is 52.0 Å². The van der Waals surface area contributed by atoms with Crippen molar-refractivity contribution in [2.45, 2.75) is 24.7 Å². The first-order valence-corrected chi connectivity index (χ1v) is 11.2. The zero-order valence-electron chi connectivity index (χ0n) is 17.5. The molecule has 2 aromatic rings. The summed E-state index contributed by atoms with van der Waals surface area (Å²) in [6.07, 6.45) is -4.02. The summed E-state index contributed by atoms with van der Waals surface area (Å²) in [6, 6.07) is 14.7. The van der Waals surface area contributed by atoms with Gasteiger partial charge in [-0.15, -0.1) is 11.3 Å². The van der Waals surface area contributed by atoms with E-state index in [-0.39, 0.29) is 5.60 Å². The van der Waals surface area contributed by atoms with Crippen LogP contribution in [0.5, 0.6) is 0 Å². The summed E-state index contributed by atoms with van der Waals surface area (Å²) in [4.78, 5) is 12.8. The van der Waals surface area contributed by atoms with Crippen LogP contribution in [0.15, 0.2) is 47.8 Å². The molecular formula is C22H27F3N2O4S. The van der Waals surface area contributed by atoms with Gasteiger partial charge in [0, 0.05) is 42.7 Å². The zero-order chi connectivity index (χ0) is 23.0. The summed E-state index contributed by atoms with van der Waals surface area (Å²) >= 11 is 1.83. The Morgan fingerprint density at radius 1 is 1.25 bits per heavy atom. The van der Waals surface area contributed by atoms with Gasteiger partial charge in [-0.05, 0) is 30.0 Å². The number of rotatable bonds is 5. The highest BCUT2D eigenvalue weighted by Gasteiger charge is 2.43. The highest BCUT2D eigenvalue weighted by atomic mass is 32.1. The van der Waals surface area contributed by atoms with Gasteiger partial charge in [-0.25, -0.2) is 4.79 Å². The fraction of sp³-hybridized carbons (Fsp3) is 0.500. The molecule has 0 amide bonds. The van der Waals surface area contributed by atoms with Crippen LogP contribution in [0, 0.1) is 5.92 Å². The largest absolute Gasteiger partial charge is 0.490 e. The number of nitrogens with one attached hydrogen (secondary N) is 1. The van der Waals surface area contributed by atoms with Crippen molar-refractivity contribution in [2.24, 2.45) is 5.92 Å². The van der Waals surface area contributed by atoms with Crippen molar-refractivity contribution < 1.29 is 32.5 Å². The molecule has 3 heterocycles. The van der Waals surface area contributed by atoms with E-state index >= 15 is 0 Å². The molecule has 2 fully saturated rings. The first-order chi connectivity index (χ1) is 15.3. The predicted molar refractivity (Wildman–Crippen MR) is 116 cm³/mol. The van der Waals surface area contributed by atoms with Crippen molar-refractivity contribution in [1.29, 1.82) is 0 Å². The summed E-state index contributed by atoms with van der Waals surface area (Å²) in [5.74, 6) is -2.22. The number of hydrogen-bond acceptors (Lipinski definition) is 6. The van der Waals surface area contributed by atoms with Crippen LogP contribution in [-0.4, -0.2) is 67.2 Å². The third-order valence-electron chi connectivity index (χ3n) is 5.29. The molecule has 6 nitrogen and oxygen atoms in total. The maximum absolute atomic E-state index is 10.6. The lowest BCUT2D eigenvalue weighted by molar-refractivity contribution is -0.192. The number of thiophene rings is 1. The third kappa shape index (κ3) is 7.47. The Hall–Kier alpha value is -2.14. The molecule has 1 aromatic carbocycles. The Morgan fingerprint density at radius 3 is 2.66 bits per heavy atom. The molecule has 2 unspecified atom stereocenters. The first-order valence-electron chi connectivity index (χ1n) is 10.3. The van der Waals surface area contributed by atoms with E-state index in [0.29, 0.717) is 5.92 Å². The zero-order valence-corrected chi connectivity index (χ0v) is 18.3. The molecule has 2 aliphatic heterocycles. The van der Waals surface area contributed by atoms with Crippen LogP contribution >= 0.6 is 11.3 Å². The molecule has 0 saturated carbocycles. The number of carbonyl (C=O) groups is 1. The number of anilines is 1. The van der Waals surface area contributed by atoms with Crippen molar-refractivity contribution >= 4 is 23.0 Å². The predicted octanol–water partition coefficient (Wildman–Crippen LogP) is 4.10. The number of alkyl halides is 3. The van der Waals surface area contributed by atoms with Gasteiger partial charge in [0.1, 0.15) is 5.60 Å². The van der Waals surface area contributed by atoms with Crippen LogP contribution in [0.3, 0.4) is 0 Å². The van der Waals surface area contributed by atoms with Crippen LogP contribution in [0.25, 0.3) is 0 Å². The third-order valence-corrected chi connectivity index (χ3v) is 6.15. The second-order valence-corrected chi connectivity index (χ2v) is 8.99. The molecule has 1 spiro atoms. The average molecular weight is 473 g/mol. The lowest BCUT2D eigenvalue weighted by atomic mass is 9.94. The standard InChI is InChI=1S/C20H26N2O2S.C2HF3O2/c1-2-5-18(6-3-1)21-12-17-11-20(24-14-17)15-22(8-9-23-16-20)13-19-7-4-10-25-19;3-2(4,5)1(6)7/h1-7,10,17,21H,8-9,11-16H2;(H,6,7). The summed E-state index contributed by atoms with van der Waals surface area (Å²) in [6.45, 7) is 6.23. The lowest BCUT2D eigenvalue weighted by Crippen LogP contribution is -2.43. The number of halogens is 3. The fourth-order valence-corrected chi connectivity index (χ4v) is 4.59. The van der Waals surface area contributed by atoms with Gasteiger partial charge in [-0.3, -0.25) is 4.90 Å². The van der Waals surface area contributed by atoms with Crippen LogP contribution in [0.4, 0.5) is 18.9 Å². The van der Waals surface area contributed by atoms with Crippen molar-refractivity contribution in [3.05, 3.63) is 52.7 Å². The minimum absolute atomic E-state index is 0.142. The Bertz CT molecular complexity index is 835. The molecule has 176 valence electrons. The van der Waals surface area contributed by atoms with Gasteiger partial charge in [0.15, 0.2) is 0 Å². The molecule has 2 saturated heterocycles. The van der Waals surface area contributed by atoms with Crippen molar-refractivity contribution in [3.8, 4) is 0 Å². The van der Waals surface area contributed by atoms with E-state index in [1.54, 1.807) is 0 Å². The van der Waals surface area contributed by atoms with Crippen molar-refractivity contribution in [3.63, 3.8) is 0 Å². The summed E-state index contributed by atoms with van der Waals surface area (Å²) in [5.41, 5.74) is 1.04. The highest BCUT2D eigenvalue weighted by molar-refractivity contribution is 7.09. The number of para-hydroxylation sites is 1. The Labute approximate surface area is 188 Å². The number of hydrogen-bond donors (Lipinski definition) is 2. The average Bonchev–Trinajstić information content (AvgIpc) is 3.35. The number of benzene rings is 1. The van der Waals surface area contributed by atoms with E-state index < -0.39 is 12.1 Å². The van der Waals surface area contributed by atoms with Crippen molar-refractivity contribution in [1.82, 2.24) is 4.90 Å². The summed E-state index contributed by atoms with van der Waals surface area (Å²) < 4.78 is 44.0. The number of nitrogens with zero attached hydrogens (tertiary/aromatic N) is 1. The molecule has 4 rings (SSSR count). The molecule has 0 aliphatic carbocycles. The van der Waals surface area contributed by atoms with Crippen LogP contribution in [-0.2, 0) is 20.8 Å². The minimum Gasteiger partial charge on any atom is -0.475 e. The van der Waals surface area contributed by atoms with Crippen LogP contribution in [0.1, 0.15) is 11.3 Å². The molecule has 10 heteroatoms. The number of ether oxygens (including phenoxy) is 2. The highest BCUT2D eigenvalue weighted by Crippen LogP contribution is 2.33. The molecule has 0 radical (unpaired) electrons. The maximum Gasteiger partial charge on any atom is 0.490 e. The van der Waals surface area contributed by atoms with E-state index in [0.717, 1.165) is 52.4 Å². The van der Waals surface area contributed by atoms with Gasteiger partial charge in [-0.1, -0.05) is 24.3 Å². The monoisotopic (exact) mass is 472 g/mol. The number of aliphatic carboxylic acids is 1. The van der Waals surface area contributed by atoms with Crippen LogP contribution in [0.2, 0.25) is 0 Å². The van der Waals surface area contributed by atoms with Gasteiger partial charge in [0.2, 0.25) is 0 Å². The molecule has 32 heavy (non-hydrogen) atoms. The molecular weight excluding hydrogens is 445 g/mol. The first kappa shape index (κ1) is 24.5. The van der Waals surface area contributed by atoms with E-state index in [1.807, 2.05) is 17.4 Å². The van der Waals surface area contributed by atoms with Gasteiger partial charge in [0.25, 0.3) is 0 Å². The molecule has 0 bridgehead atoms. The SMILES string of the molecule is O=C(O)C(F)(F)F.c1ccc(NCC2COC3(COCCN(Cc4cccs4)C3)C2)cc1. The number of carboxylic acids is 1. The van der Waals surface area contributed by atoms with Gasteiger partial charge in [0.05, 0.1) is 19.8 Å². The maximum atomic E-state index is 10.6. The normalized spacial score (nSPS) is 23.9. The van der Waals surface area contributed by atoms with Gasteiger partial charge in [-0.2, -0.15) is 13.2 Å².